The molecule has 4 nitrogen and oxygen atoms in total. The molecule has 5 aromatic carbocycles. The second-order valence-electron chi connectivity index (χ2n) is 10.3. The van der Waals surface area contributed by atoms with E-state index >= 15 is 0 Å². The zero-order chi connectivity index (χ0) is 29.0. The van der Waals surface area contributed by atoms with Gasteiger partial charge in [-0.1, -0.05) is 96.1 Å². The normalized spacial score (nSPS) is 11.1. The third kappa shape index (κ3) is 5.55. The summed E-state index contributed by atoms with van der Waals surface area (Å²) in [6.45, 7) is 5.66. The summed E-state index contributed by atoms with van der Waals surface area (Å²) < 4.78 is 11.2. The highest BCUT2D eigenvalue weighted by Gasteiger charge is 2.38. The van der Waals surface area contributed by atoms with Crippen LogP contribution in [0.15, 0.2) is 121 Å². The number of methoxy groups -OCH3 is 1. The van der Waals surface area contributed by atoms with Gasteiger partial charge in [-0.15, -0.1) is 0 Å². The number of Topliss-reactive ketones (excluding diaryl/α,β-unsaturated/α-hetero) is 1. The minimum absolute atomic E-state index is 0.0528. The van der Waals surface area contributed by atoms with Crippen molar-refractivity contribution in [2.45, 2.75) is 26.2 Å². The predicted octanol–water partition coefficient (Wildman–Crippen LogP) is 8.12. The van der Waals surface area contributed by atoms with Crippen molar-refractivity contribution in [2.75, 3.05) is 7.11 Å². The van der Waals surface area contributed by atoms with E-state index in [1.54, 1.807) is 31.4 Å². The van der Waals surface area contributed by atoms with E-state index in [0.717, 1.165) is 28.0 Å². The molecule has 5 rings (SSSR count). The van der Waals surface area contributed by atoms with Gasteiger partial charge in [-0.3, -0.25) is 4.79 Å². The van der Waals surface area contributed by atoms with Gasteiger partial charge in [0.1, 0.15) is 11.5 Å². The molecule has 0 aliphatic heterocycles. The van der Waals surface area contributed by atoms with Gasteiger partial charge in [-0.05, 0) is 79.4 Å². The molecular formula is C37H32O4. The Balaban J connectivity index is 1.61. The summed E-state index contributed by atoms with van der Waals surface area (Å²) in [6.07, 6.45) is 0. The van der Waals surface area contributed by atoms with Crippen LogP contribution in [0.25, 0.3) is 0 Å². The summed E-state index contributed by atoms with van der Waals surface area (Å²) >= 11 is 0. The zero-order valence-electron chi connectivity index (χ0n) is 23.7. The van der Waals surface area contributed by atoms with Crippen molar-refractivity contribution in [3.8, 4) is 11.5 Å². The maximum atomic E-state index is 12.8. The summed E-state index contributed by atoms with van der Waals surface area (Å²) in [4.78, 5) is 24.4. The minimum Gasteiger partial charge on any atom is -0.497 e. The molecule has 0 aliphatic carbocycles. The van der Waals surface area contributed by atoms with Crippen LogP contribution in [0.1, 0.15) is 61.0 Å². The quantitative estimate of drug-likeness (QED) is 0.0863. The van der Waals surface area contributed by atoms with Crippen molar-refractivity contribution in [3.63, 3.8) is 0 Å². The number of carbonyl (C=O) groups excluding carboxylic acids is 2. The van der Waals surface area contributed by atoms with Crippen LogP contribution in [0.3, 0.4) is 0 Å². The van der Waals surface area contributed by atoms with Gasteiger partial charge >= 0.3 is 5.97 Å². The molecule has 0 bridgehead atoms. The van der Waals surface area contributed by atoms with Crippen molar-refractivity contribution in [1.29, 1.82) is 0 Å². The average molecular weight is 541 g/mol. The topological polar surface area (TPSA) is 52.6 Å². The van der Waals surface area contributed by atoms with E-state index in [9.17, 15) is 9.59 Å². The van der Waals surface area contributed by atoms with Gasteiger partial charge in [-0.2, -0.15) is 0 Å². The summed E-state index contributed by atoms with van der Waals surface area (Å²) in [6, 6.07) is 39.6. The number of esters is 1. The molecule has 5 aromatic rings. The number of benzene rings is 5. The lowest BCUT2D eigenvalue weighted by Gasteiger charge is -2.37. The first-order chi connectivity index (χ1) is 19.8. The number of hydrogen-bond donors (Lipinski definition) is 0. The maximum absolute atomic E-state index is 12.8. The number of rotatable bonds is 8. The summed E-state index contributed by atoms with van der Waals surface area (Å²) in [7, 11) is 1.67. The lowest BCUT2D eigenvalue weighted by Crippen LogP contribution is -2.31. The Labute approximate surface area is 241 Å². The van der Waals surface area contributed by atoms with E-state index in [0.29, 0.717) is 16.9 Å². The van der Waals surface area contributed by atoms with Gasteiger partial charge in [-0.25, -0.2) is 4.79 Å². The van der Waals surface area contributed by atoms with Crippen molar-refractivity contribution in [3.05, 3.63) is 166 Å². The Morgan fingerprint density at radius 3 is 1.27 bits per heavy atom. The monoisotopic (exact) mass is 540 g/mol. The first-order valence-corrected chi connectivity index (χ1v) is 13.5. The molecule has 41 heavy (non-hydrogen) atoms. The molecule has 0 saturated heterocycles. The van der Waals surface area contributed by atoms with Crippen LogP contribution in [0.4, 0.5) is 0 Å². The number of carbonyl (C=O) groups is 2. The average Bonchev–Trinajstić information content (AvgIpc) is 3.00. The van der Waals surface area contributed by atoms with Crippen molar-refractivity contribution in [1.82, 2.24) is 0 Å². The lowest BCUT2D eigenvalue weighted by atomic mass is 9.65. The fraction of sp³-hybridized carbons (Fsp3) is 0.135. The summed E-state index contributed by atoms with van der Waals surface area (Å²) in [5, 5.41) is 0. The molecule has 0 N–H and O–H groups in total. The van der Waals surface area contributed by atoms with Crippen molar-refractivity contribution in [2.24, 2.45) is 0 Å². The summed E-state index contributed by atoms with van der Waals surface area (Å²) in [5.74, 6) is 0.689. The van der Waals surface area contributed by atoms with Gasteiger partial charge < -0.3 is 9.47 Å². The van der Waals surface area contributed by atoms with Crippen LogP contribution in [-0.2, 0) is 5.41 Å². The number of aryl methyl sites for hydroxylation is 2. The molecule has 0 spiro atoms. The molecule has 4 heteroatoms. The van der Waals surface area contributed by atoms with Crippen LogP contribution in [0, 0.1) is 13.8 Å². The van der Waals surface area contributed by atoms with Crippen LogP contribution >= 0.6 is 0 Å². The maximum Gasteiger partial charge on any atom is 0.343 e. The van der Waals surface area contributed by atoms with E-state index < -0.39 is 11.4 Å². The molecular weight excluding hydrogens is 508 g/mol. The predicted molar refractivity (Wildman–Crippen MR) is 162 cm³/mol. The van der Waals surface area contributed by atoms with Crippen LogP contribution in [0.2, 0.25) is 0 Å². The molecule has 0 fully saturated rings. The Morgan fingerprint density at radius 1 is 0.512 bits per heavy atom. The van der Waals surface area contributed by atoms with E-state index in [1.807, 2.05) is 36.4 Å². The van der Waals surface area contributed by atoms with Crippen molar-refractivity contribution >= 4 is 11.8 Å². The third-order valence-electron chi connectivity index (χ3n) is 7.52. The van der Waals surface area contributed by atoms with Crippen LogP contribution in [-0.4, -0.2) is 18.9 Å². The Morgan fingerprint density at radius 2 is 0.878 bits per heavy atom. The smallest absolute Gasteiger partial charge is 0.343 e. The van der Waals surface area contributed by atoms with Crippen LogP contribution in [0.5, 0.6) is 11.5 Å². The highest BCUT2D eigenvalue weighted by Crippen LogP contribution is 2.46. The summed E-state index contributed by atoms with van der Waals surface area (Å²) in [5.41, 5.74) is 7.00. The Kier molecular flexibility index (Phi) is 7.84. The molecule has 0 saturated carbocycles. The first-order valence-electron chi connectivity index (χ1n) is 13.5. The lowest BCUT2D eigenvalue weighted by molar-refractivity contribution is 0.0734. The number of hydrogen-bond acceptors (Lipinski definition) is 4. The Bertz CT molecular complexity index is 1600. The van der Waals surface area contributed by atoms with Gasteiger partial charge in [0.15, 0.2) is 5.78 Å². The van der Waals surface area contributed by atoms with E-state index in [-0.39, 0.29) is 5.78 Å². The van der Waals surface area contributed by atoms with Gasteiger partial charge in [0.2, 0.25) is 0 Å². The molecule has 0 atom stereocenters. The molecule has 0 heterocycles. The molecule has 0 radical (unpaired) electrons. The molecule has 0 aliphatic rings. The standard InChI is InChI=1S/C37H32O4/c1-25-5-13-30(14-6-25)37(31-15-7-26(2)8-16-31,32-17-21-34(40-4)22-18-32)33-19-23-35(24-20-33)41-36(39)29-11-9-28(10-12-29)27(3)38/h5-24H,1-4H3. The van der Waals surface area contributed by atoms with E-state index in [4.69, 9.17) is 9.47 Å². The molecule has 0 aromatic heterocycles. The first kappa shape index (κ1) is 27.6. The van der Waals surface area contributed by atoms with E-state index in [2.05, 4.69) is 74.5 Å². The molecule has 0 amide bonds. The number of ketones is 1. The SMILES string of the molecule is COc1ccc(C(c2ccc(C)cc2)(c2ccc(C)cc2)c2ccc(OC(=O)c3ccc(C(C)=O)cc3)cc2)cc1. The zero-order valence-corrected chi connectivity index (χ0v) is 23.7. The second-order valence-corrected chi connectivity index (χ2v) is 10.3. The van der Waals surface area contributed by atoms with Gasteiger partial charge in [0, 0.05) is 5.56 Å². The molecule has 0 unspecified atom stereocenters. The van der Waals surface area contributed by atoms with E-state index in [1.165, 1.54) is 18.1 Å². The molecule has 204 valence electrons. The van der Waals surface area contributed by atoms with Gasteiger partial charge in [0.05, 0.1) is 18.1 Å². The van der Waals surface area contributed by atoms with Crippen LogP contribution < -0.4 is 9.47 Å². The minimum atomic E-state index is -0.640. The fourth-order valence-corrected chi connectivity index (χ4v) is 5.23. The third-order valence-corrected chi connectivity index (χ3v) is 7.52. The van der Waals surface area contributed by atoms with Crippen molar-refractivity contribution < 1.29 is 19.1 Å². The van der Waals surface area contributed by atoms with Gasteiger partial charge in [0.25, 0.3) is 0 Å². The number of ether oxygens (including phenoxy) is 2. The highest BCUT2D eigenvalue weighted by atomic mass is 16.5. The highest BCUT2D eigenvalue weighted by molar-refractivity contribution is 5.96. The largest absolute Gasteiger partial charge is 0.497 e. The fourth-order valence-electron chi connectivity index (χ4n) is 5.23. The second kappa shape index (κ2) is 11.6. The Hall–Kier alpha value is -4.96.